The number of amides is 1. The van der Waals surface area contributed by atoms with Crippen LogP contribution in [0.2, 0.25) is 0 Å². The van der Waals surface area contributed by atoms with E-state index in [0.29, 0.717) is 25.1 Å². The molecular formula is C20H21F3N2O. The Bertz CT molecular complexity index is 744. The van der Waals surface area contributed by atoms with E-state index in [2.05, 4.69) is 0 Å². The minimum atomic E-state index is -4.36. The lowest BCUT2D eigenvalue weighted by Crippen LogP contribution is -2.33. The van der Waals surface area contributed by atoms with Gasteiger partial charge in [-0.05, 0) is 36.2 Å². The number of carbonyl (C=O) groups is 1. The summed E-state index contributed by atoms with van der Waals surface area (Å²) in [6.45, 7) is 3.42. The molecule has 1 unspecified atom stereocenters. The van der Waals surface area contributed by atoms with Crippen molar-refractivity contribution in [1.29, 1.82) is 0 Å². The number of rotatable bonds is 5. The number of likely N-dealkylation sites (N-methyl/N-ethyl adjacent to an activating group) is 1. The first-order chi connectivity index (χ1) is 12.4. The van der Waals surface area contributed by atoms with Crippen molar-refractivity contribution in [2.45, 2.75) is 25.7 Å². The summed E-state index contributed by atoms with van der Waals surface area (Å²) in [5, 5.41) is 0. The van der Waals surface area contributed by atoms with Crippen molar-refractivity contribution in [3.63, 3.8) is 0 Å². The first kappa shape index (κ1) is 18.5. The normalized spacial score (nSPS) is 18.5. The summed E-state index contributed by atoms with van der Waals surface area (Å²) >= 11 is 0. The van der Waals surface area contributed by atoms with E-state index in [9.17, 15) is 18.0 Å². The summed E-state index contributed by atoms with van der Waals surface area (Å²) in [4.78, 5) is 16.2. The molecule has 2 aromatic rings. The molecule has 1 aliphatic heterocycles. The fraction of sp³-hybridized carbons (Fsp3) is 0.350. The van der Waals surface area contributed by atoms with Crippen molar-refractivity contribution >= 4 is 5.91 Å². The second-order valence-electron chi connectivity index (χ2n) is 6.38. The second kappa shape index (κ2) is 7.50. The molecule has 0 saturated carbocycles. The van der Waals surface area contributed by atoms with Crippen LogP contribution in [0.25, 0.3) is 0 Å². The van der Waals surface area contributed by atoms with Gasteiger partial charge in [0.2, 0.25) is 5.91 Å². The van der Waals surface area contributed by atoms with E-state index in [1.165, 1.54) is 12.1 Å². The van der Waals surface area contributed by atoms with Gasteiger partial charge in [0.25, 0.3) is 0 Å². The zero-order chi connectivity index (χ0) is 18.7. The molecule has 26 heavy (non-hydrogen) atoms. The van der Waals surface area contributed by atoms with E-state index in [1.54, 1.807) is 4.90 Å². The molecule has 0 spiro atoms. The lowest BCUT2D eigenvalue weighted by Gasteiger charge is -2.30. The van der Waals surface area contributed by atoms with Crippen molar-refractivity contribution in [2.75, 3.05) is 19.6 Å². The fourth-order valence-electron chi connectivity index (χ4n) is 3.35. The lowest BCUT2D eigenvalue weighted by molar-refractivity contribution is -0.137. The third-order valence-electron chi connectivity index (χ3n) is 4.73. The smallest absolute Gasteiger partial charge is 0.321 e. The number of benzene rings is 2. The van der Waals surface area contributed by atoms with Crippen molar-refractivity contribution < 1.29 is 18.0 Å². The standard InChI is InChI=1S/C20H21F3N2O/c1-2-24-14-18(26)25(13-12-15-6-4-3-5-7-15)19(24)16-8-10-17(11-9-16)20(21,22)23/h3-11,19H,2,12-14H2,1H3. The Morgan fingerprint density at radius 1 is 1.04 bits per heavy atom. The quantitative estimate of drug-likeness (QED) is 0.799. The van der Waals surface area contributed by atoms with Gasteiger partial charge in [-0.25, -0.2) is 0 Å². The van der Waals surface area contributed by atoms with Gasteiger partial charge in [-0.2, -0.15) is 13.2 Å². The molecule has 6 heteroatoms. The Hall–Kier alpha value is -2.34. The van der Waals surface area contributed by atoms with Gasteiger partial charge in [0.05, 0.1) is 12.1 Å². The van der Waals surface area contributed by atoms with Gasteiger partial charge in [-0.1, -0.05) is 49.4 Å². The monoisotopic (exact) mass is 362 g/mol. The van der Waals surface area contributed by atoms with E-state index >= 15 is 0 Å². The third kappa shape index (κ3) is 3.90. The molecule has 0 bridgehead atoms. The summed E-state index contributed by atoms with van der Waals surface area (Å²) < 4.78 is 38.4. The first-order valence-corrected chi connectivity index (χ1v) is 8.64. The van der Waals surface area contributed by atoms with Gasteiger partial charge in [0, 0.05) is 6.54 Å². The molecule has 2 aromatic carbocycles. The van der Waals surface area contributed by atoms with Crippen molar-refractivity contribution in [3.8, 4) is 0 Å². The number of halogens is 3. The molecule has 1 saturated heterocycles. The zero-order valence-electron chi connectivity index (χ0n) is 14.5. The predicted molar refractivity (Wildman–Crippen MR) is 93.3 cm³/mol. The maximum atomic E-state index is 12.8. The fourth-order valence-corrected chi connectivity index (χ4v) is 3.35. The molecule has 1 fully saturated rings. The van der Waals surface area contributed by atoms with Crippen molar-refractivity contribution in [2.24, 2.45) is 0 Å². The molecular weight excluding hydrogens is 341 g/mol. The minimum absolute atomic E-state index is 0.00711. The van der Waals surface area contributed by atoms with E-state index in [0.717, 1.165) is 17.7 Å². The largest absolute Gasteiger partial charge is 0.416 e. The van der Waals surface area contributed by atoms with Crippen molar-refractivity contribution in [1.82, 2.24) is 9.80 Å². The molecule has 3 rings (SSSR count). The Balaban J connectivity index is 1.82. The van der Waals surface area contributed by atoms with Crippen LogP contribution < -0.4 is 0 Å². The Kier molecular flexibility index (Phi) is 5.32. The summed E-state index contributed by atoms with van der Waals surface area (Å²) in [6, 6.07) is 15.0. The van der Waals surface area contributed by atoms with Gasteiger partial charge >= 0.3 is 6.18 Å². The maximum Gasteiger partial charge on any atom is 0.416 e. The average molecular weight is 362 g/mol. The third-order valence-corrected chi connectivity index (χ3v) is 4.73. The predicted octanol–water partition coefficient (Wildman–Crippen LogP) is 4.11. The highest BCUT2D eigenvalue weighted by molar-refractivity contribution is 5.81. The van der Waals surface area contributed by atoms with Crippen LogP contribution in [0.3, 0.4) is 0 Å². The molecule has 0 aromatic heterocycles. The van der Waals surface area contributed by atoms with Crippen LogP contribution in [0, 0.1) is 0 Å². The topological polar surface area (TPSA) is 23.6 Å². The molecule has 0 N–H and O–H groups in total. The Morgan fingerprint density at radius 2 is 1.69 bits per heavy atom. The lowest BCUT2D eigenvalue weighted by atomic mass is 10.1. The summed E-state index contributed by atoms with van der Waals surface area (Å²) in [5.41, 5.74) is 1.16. The number of hydrogen-bond donors (Lipinski definition) is 0. The van der Waals surface area contributed by atoms with Crippen LogP contribution >= 0.6 is 0 Å². The SMILES string of the molecule is CCN1CC(=O)N(CCc2ccccc2)C1c1ccc(C(F)(F)F)cc1. The second-order valence-corrected chi connectivity index (χ2v) is 6.38. The Morgan fingerprint density at radius 3 is 2.27 bits per heavy atom. The molecule has 1 amide bonds. The maximum absolute atomic E-state index is 12.8. The first-order valence-electron chi connectivity index (χ1n) is 8.64. The van der Waals surface area contributed by atoms with Crippen LogP contribution in [-0.2, 0) is 17.4 Å². The Labute approximate surface area is 151 Å². The van der Waals surface area contributed by atoms with Crippen LogP contribution in [0.4, 0.5) is 13.2 Å². The molecule has 1 heterocycles. The van der Waals surface area contributed by atoms with Gasteiger partial charge in [-0.15, -0.1) is 0 Å². The van der Waals surface area contributed by atoms with Crippen LogP contribution in [-0.4, -0.2) is 35.3 Å². The van der Waals surface area contributed by atoms with Crippen molar-refractivity contribution in [3.05, 3.63) is 71.3 Å². The van der Waals surface area contributed by atoms with Gasteiger partial charge in [-0.3, -0.25) is 9.69 Å². The highest BCUT2D eigenvalue weighted by Gasteiger charge is 2.38. The van der Waals surface area contributed by atoms with E-state index in [4.69, 9.17) is 0 Å². The molecule has 138 valence electrons. The number of hydrogen-bond acceptors (Lipinski definition) is 2. The van der Waals surface area contributed by atoms with Gasteiger partial charge in [0.15, 0.2) is 0 Å². The summed E-state index contributed by atoms with van der Waals surface area (Å²) in [5.74, 6) is 0.00711. The number of nitrogens with zero attached hydrogens (tertiary/aromatic N) is 2. The van der Waals surface area contributed by atoms with E-state index in [1.807, 2.05) is 42.2 Å². The molecule has 0 radical (unpaired) electrons. The van der Waals surface area contributed by atoms with Crippen LogP contribution in [0.15, 0.2) is 54.6 Å². The number of alkyl halides is 3. The van der Waals surface area contributed by atoms with E-state index in [-0.39, 0.29) is 18.6 Å². The molecule has 1 aliphatic rings. The highest BCUT2D eigenvalue weighted by atomic mass is 19.4. The molecule has 1 atom stereocenters. The zero-order valence-corrected chi connectivity index (χ0v) is 14.5. The van der Waals surface area contributed by atoms with Crippen LogP contribution in [0.1, 0.15) is 29.8 Å². The molecule has 3 nitrogen and oxygen atoms in total. The highest BCUT2D eigenvalue weighted by Crippen LogP contribution is 2.34. The average Bonchev–Trinajstić information content (AvgIpc) is 2.96. The van der Waals surface area contributed by atoms with Gasteiger partial charge < -0.3 is 4.90 Å². The summed E-state index contributed by atoms with van der Waals surface area (Å²) in [7, 11) is 0. The number of carbonyl (C=O) groups excluding carboxylic acids is 1. The van der Waals surface area contributed by atoms with Crippen LogP contribution in [0.5, 0.6) is 0 Å². The summed E-state index contributed by atoms with van der Waals surface area (Å²) in [6.07, 6.45) is -3.97. The van der Waals surface area contributed by atoms with E-state index < -0.39 is 11.7 Å². The molecule has 0 aliphatic carbocycles. The minimum Gasteiger partial charge on any atom is -0.321 e. The van der Waals surface area contributed by atoms with Gasteiger partial charge in [0.1, 0.15) is 6.17 Å².